The summed E-state index contributed by atoms with van der Waals surface area (Å²) in [6, 6.07) is 3.30. The molecule has 2 aromatic heterocycles. The predicted octanol–water partition coefficient (Wildman–Crippen LogP) is 4.40. The normalized spacial score (nSPS) is 12.3. The molecule has 0 spiro atoms. The highest BCUT2D eigenvalue weighted by Crippen LogP contribution is 2.36. The molecule has 0 saturated carbocycles. The lowest BCUT2D eigenvalue weighted by atomic mass is 10.0. The van der Waals surface area contributed by atoms with E-state index >= 15 is 0 Å². The fourth-order valence-corrected chi connectivity index (χ4v) is 2.64. The van der Waals surface area contributed by atoms with Crippen molar-refractivity contribution in [3.8, 4) is 11.1 Å². The van der Waals surface area contributed by atoms with Crippen molar-refractivity contribution in [2.45, 2.75) is 12.7 Å². The van der Waals surface area contributed by atoms with Gasteiger partial charge in [0, 0.05) is 30.1 Å². The monoisotopic (exact) mass is 421 g/mol. The van der Waals surface area contributed by atoms with Crippen molar-refractivity contribution in [1.82, 2.24) is 20.0 Å². The Bertz CT molecular complexity index is 985. The molecule has 11 heteroatoms. The molecular weight excluding hydrogens is 409 g/mol. The number of fused-ring (bicyclic) bond motifs is 1. The van der Waals surface area contributed by atoms with Crippen molar-refractivity contribution in [3.63, 3.8) is 0 Å². The zero-order valence-corrected chi connectivity index (χ0v) is 15.1. The highest BCUT2D eigenvalue weighted by molar-refractivity contribution is 6.30. The zero-order valence-electron chi connectivity index (χ0n) is 13.5. The van der Waals surface area contributed by atoms with Crippen LogP contribution in [0.15, 0.2) is 42.5 Å². The summed E-state index contributed by atoms with van der Waals surface area (Å²) in [7, 11) is 0. The summed E-state index contributed by atoms with van der Waals surface area (Å²) in [5.74, 6) is -0.623. The summed E-state index contributed by atoms with van der Waals surface area (Å²) in [5, 5.41) is 7.95. The minimum absolute atomic E-state index is 0. The number of nitrogens with zero attached hydrogens (tertiary/aromatic N) is 4. The van der Waals surface area contributed by atoms with Gasteiger partial charge in [-0.1, -0.05) is 16.8 Å². The summed E-state index contributed by atoms with van der Waals surface area (Å²) in [5.41, 5.74) is 5.04. The van der Waals surface area contributed by atoms with Gasteiger partial charge in [-0.2, -0.15) is 13.2 Å². The van der Waals surface area contributed by atoms with E-state index < -0.39 is 17.6 Å². The first-order chi connectivity index (χ1) is 12.3. The van der Waals surface area contributed by atoms with Gasteiger partial charge < -0.3 is 5.73 Å². The smallest absolute Gasteiger partial charge is 0.327 e. The summed E-state index contributed by atoms with van der Waals surface area (Å²) in [6.07, 6.45) is -0.757. The van der Waals surface area contributed by atoms with Gasteiger partial charge in [-0.05, 0) is 24.3 Å². The van der Waals surface area contributed by atoms with Gasteiger partial charge in [-0.3, -0.25) is 4.98 Å². The Morgan fingerprint density at radius 1 is 1.22 bits per heavy atom. The van der Waals surface area contributed by atoms with Crippen LogP contribution in [0.3, 0.4) is 0 Å². The molecule has 5 nitrogen and oxygen atoms in total. The molecule has 0 aliphatic rings. The van der Waals surface area contributed by atoms with E-state index in [0.717, 1.165) is 22.9 Å². The quantitative estimate of drug-likeness (QED) is 0.633. The molecule has 2 heterocycles. The molecule has 3 rings (SSSR count). The van der Waals surface area contributed by atoms with Gasteiger partial charge in [0.1, 0.15) is 11.3 Å². The molecule has 0 fully saturated rings. The van der Waals surface area contributed by atoms with E-state index in [1.54, 1.807) is 0 Å². The van der Waals surface area contributed by atoms with Gasteiger partial charge >= 0.3 is 6.18 Å². The van der Waals surface area contributed by atoms with Crippen LogP contribution in [0.5, 0.6) is 0 Å². The minimum atomic E-state index is -4.60. The van der Waals surface area contributed by atoms with Crippen LogP contribution in [0.4, 0.5) is 17.6 Å². The summed E-state index contributed by atoms with van der Waals surface area (Å²) in [4.78, 5) is 3.89. The minimum Gasteiger partial charge on any atom is -0.327 e. The molecule has 27 heavy (non-hydrogen) atoms. The molecule has 1 aromatic carbocycles. The van der Waals surface area contributed by atoms with Gasteiger partial charge in [0.2, 0.25) is 0 Å². The average molecular weight is 422 g/mol. The lowest BCUT2D eigenvalue weighted by Gasteiger charge is -2.11. The second-order valence-electron chi connectivity index (χ2n) is 5.41. The van der Waals surface area contributed by atoms with Crippen molar-refractivity contribution < 1.29 is 17.6 Å². The van der Waals surface area contributed by atoms with E-state index in [4.69, 9.17) is 17.3 Å². The number of hydrogen-bond donors (Lipinski definition) is 1. The third kappa shape index (κ3) is 4.55. The van der Waals surface area contributed by atoms with Crippen LogP contribution in [-0.2, 0) is 12.7 Å². The van der Waals surface area contributed by atoms with Crippen molar-refractivity contribution >= 4 is 35.0 Å². The maximum absolute atomic E-state index is 13.7. The van der Waals surface area contributed by atoms with Crippen LogP contribution in [0.25, 0.3) is 22.2 Å². The summed E-state index contributed by atoms with van der Waals surface area (Å²) in [6.45, 7) is -0.409. The fraction of sp³-hybridized carbons (Fsp3) is 0.188. The Hall–Kier alpha value is -2.23. The molecule has 0 saturated heterocycles. The van der Waals surface area contributed by atoms with Crippen molar-refractivity contribution in [1.29, 1.82) is 0 Å². The number of pyridine rings is 1. The standard InChI is InChI=1S/C16H12ClF4N5.ClH/c17-11-3-9(6-23-7-11)13-4-10(16(19,20)21)5-14-15(13)24-25-26(14)8-12(18)1-2-22;/h1,3-7H,2,8,22H2;1H/b12-1-;. The Morgan fingerprint density at radius 2 is 1.96 bits per heavy atom. The number of rotatable bonds is 4. The number of nitrogens with two attached hydrogens (primary N) is 1. The molecule has 0 unspecified atom stereocenters. The first kappa shape index (κ1) is 21.1. The van der Waals surface area contributed by atoms with Crippen LogP contribution in [0.2, 0.25) is 5.02 Å². The molecule has 3 aromatic rings. The van der Waals surface area contributed by atoms with E-state index in [-0.39, 0.29) is 47.1 Å². The molecule has 0 bridgehead atoms. The topological polar surface area (TPSA) is 69.6 Å². The van der Waals surface area contributed by atoms with Crippen molar-refractivity contribution in [2.75, 3.05) is 6.54 Å². The Morgan fingerprint density at radius 3 is 2.59 bits per heavy atom. The maximum Gasteiger partial charge on any atom is 0.416 e. The first-order valence-electron chi connectivity index (χ1n) is 7.39. The van der Waals surface area contributed by atoms with Crippen LogP contribution in [0, 0.1) is 0 Å². The highest BCUT2D eigenvalue weighted by atomic mass is 35.5. The van der Waals surface area contributed by atoms with Crippen molar-refractivity contribution in [3.05, 3.63) is 53.1 Å². The van der Waals surface area contributed by atoms with Gasteiger partial charge in [0.05, 0.1) is 22.6 Å². The Balaban J connectivity index is 0.00000261. The second kappa shape index (κ2) is 8.20. The molecule has 0 atom stereocenters. The van der Waals surface area contributed by atoms with E-state index in [1.807, 2.05) is 0 Å². The Labute approximate surface area is 162 Å². The van der Waals surface area contributed by atoms with Crippen LogP contribution in [0.1, 0.15) is 5.56 Å². The van der Waals surface area contributed by atoms with Gasteiger partial charge in [0.25, 0.3) is 0 Å². The second-order valence-corrected chi connectivity index (χ2v) is 5.85. The Kier molecular flexibility index (Phi) is 6.40. The number of benzene rings is 1. The number of aromatic nitrogens is 4. The number of alkyl halides is 3. The average Bonchev–Trinajstić information content (AvgIpc) is 2.96. The van der Waals surface area contributed by atoms with E-state index in [2.05, 4.69) is 15.3 Å². The number of allylic oxidation sites excluding steroid dienone is 1. The van der Waals surface area contributed by atoms with E-state index in [0.29, 0.717) is 5.56 Å². The number of hydrogen-bond acceptors (Lipinski definition) is 4. The molecule has 0 aliphatic heterocycles. The molecule has 0 aliphatic carbocycles. The lowest BCUT2D eigenvalue weighted by molar-refractivity contribution is -0.137. The van der Waals surface area contributed by atoms with E-state index in [9.17, 15) is 17.6 Å². The third-order valence-corrected chi connectivity index (χ3v) is 3.81. The molecule has 0 amide bonds. The van der Waals surface area contributed by atoms with Gasteiger partial charge in [-0.25, -0.2) is 9.07 Å². The fourth-order valence-electron chi connectivity index (χ4n) is 2.46. The molecule has 144 valence electrons. The lowest BCUT2D eigenvalue weighted by Crippen LogP contribution is -2.07. The summed E-state index contributed by atoms with van der Waals surface area (Å²) >= 11 is 5.89. The van der Waals surface area contributed by atoms with Crippen LogP contribution < -0.4 is 5.73 Å². The molecule has 2 N–H and O–H groups in total. The van der Waals surface area contributed by atoms with Gasteiger partial charge in [-0.15, -0.1) is 17.5 Å². The first-order valence-corrected chi connectivity index (χ1v) is 7.77. The zero-order chi connectivity index (χ0) is 18.9. The summed E-state index contributed by atoms with van der Waals surface area (Å²) < 4.78 is 54.8. The SMILES string of the molecule is Cl.NC/C=C(\F)Cn1nnc2c(-c3cncc(Cl)c3)cc(C(F)(F)F)cc21. The van der Waals surface area contributed by atoms with E-state index in [1.165, 1.54) is 18.5 Å². The number of halogens is 6. The molecule has 0 radical (unpaired) electrons. The highest BCUT2D eigenvalue weighted by Gasteiger charge is 2.32. The van der Waals surface area contributed by atoms with Crippen LogP contribution >= 0.6 is 24.0 Å². The largest absolute Gasteiger partial charge is 0.416 e. The third-order valence-electron chi connectivity index (χ3n) is 3.60. The van der Waals surface area contributed by atoms with Crippen LogP contribution in [-0.4, -0.2) is 26.5 Å². The molecular formula is C16H13Cl2F4N5. The maximum atomic E-state index is 13.7. The van der Waals surface area contributed by atoms with Gasteiger partial charge in [0.15, 0.2) is 0 Å². The predicted molar refractivity (Wildman–Crippen MR) is 96.3 cm³/mol. The van der Waals surface area contributed by atoms with Crippen molar-refractivity contribution in [2.24, 2.45) is 5.73 Å².